The van der Waals surface area contributed by atoms with Crippen LogP contribution in [0.2, 0.25) is 0 Å². The van der Waals surface area contributed by atoms with Gasteiger partial charge < -0.3 is 42.5 Å². The lowest BCUT2D eigenvalue weighted by Crippen LogP contribution is -2.22. The molecule has 308 valence electrons. The van der Waals surface area contributed by atoms with E-state index in [2.05, 4.69) is 42.5 Å². The van der Waals surface area contributed by atoms with E-state index in [4.69, 9.17) is 9.11 Å². The summed E-state index contributed by atoms with van der Waals surface area (Å²) in [4.78, 5) is 50.0. The fraction of sp³-hybridized carbons (Fsp3) is 0.105. The number of carbonyl (C=O) groups is 4. The molecule has 0 radical (unpaired) electrons. The van der Waals surface area contributed by atoms with Crippen LogP contribution in [0.25, 0.3) is 0 Å². The molecule has 18 nitrogen and oxygen atoms in total. The Labute approximate surface area is 336 Å². The Hall–Kier alpha value is -7.00. The molecule has 8 amide bonds. The van der Waals surface area contributed by atoms with Crippen molar-refractivity contribution in [3.8, 4) is 0 Å². The van der Waals surface area contributed by atoms with E-state index >= 15 is 0 Å². The van der Waals surface area contributed by atoms with Crippen LogP contribution in [-0.4, -0.2) is 62.6 Å². The molecule has 5 aromatic rings. The molecule has 0 fully saturated rings. The highest BCUT2D eigenvalue weighted by atomic mass is 32.2. The predicted octanol–water partition coefficient (Wildman–Crippen LogP) is 8.30. The van der Waals surface area contributed by atoms with Gasteiger partial charge in [0, 0.05) is 45.5 Å². The van der Waals surface area contributed by atoms with E-state index in [1.54, 1.807) is 97.1 Å². The lowest BCUT2D eigenvalue weighted by atomic mass is 10.2. The van der Waals surface area contributed by atoms with Crippen LogP contribution in [0.4, 0.5) is 64.7 Å². The third-order valence-corrected chi connectivity index (χ3v) is 6.20. The molecule has 0 aliphatic rings. The molecule has 20 heteroatoms. The summed E-state index contributed by atoms with van der Waals surface area (Å²) < 4.78 is 51.7. The van der Waals surface area contributed by atoms with Crippen molar-refractivity contribution in [2.24, 2.45) is 0 Å². The van der Waals surface area contributed by atoms with Gasteiger partial charge in [0.2, 0.25) is 0 Å². The SMILES string of the molecule is CC.CS(=O)(=O)O.CS(=O)(=O)O.O=C(Nc1ccccc1)Nc1cccc(NC(=O)Nc2cccc(NC(=O)Nc3cccc(NC(=O)Nc4ccccc4)c3)c2)c1. The van der Waals surface area contributed by atoms with Crippen molar-refractivity contribution in [2.75, 3.05) is 55.0 Å². The molecule has 0 unspecified atom stereocenters. The van der Waals surface area contributed by atoms with Gasteiger partial charge in [-0.1, -0.05) is 68.4 Å². The number of para-hydroxylation sites is 2. The molecular formula is C38H44N8O10S2. The first kappa shape index (κ1) is 47.2. The van der Waals surface area contributed by atoms with Gasteiger partial charge in [-0.25, -0.2) is 19.2 Å². The van der Waals surface area contributed by atoms with E-state index in [1.165, 1.54) is 0 Å². The van der Waals surface area contributed by atoms with Gasteiger partial charge in [-0.05, 0) is 78.9 Å². The summed E-state index contributed by atoms with van der Waals surface area (Å²) in [6, 6.07) is 36.2. The van der Waals surface area contributed by atoms with E-state index < -0.39 is 44.4 Å². The Bertz CT molecular complexity index is 2160. The van der Waals surface area contributed by atoms with Crippen LogP contribution in [0.1, 0.15) is 13.8 Å². The second kappa shape index (κ2) is 23.8. The van der Waals surface area contributed by atoms with Crippen LogP contribution in [-0.2, 0) is 20.2 Å². The van der Waals surface area contributed by atoms with Crippen LogP contribution in [0, 0.1) is 0 Å². The second-order valence-electron chi connectivity index (χ2n) is 11.3. The molecule has 0 saturated heterocycles. The van der Waals surface area contributed by atoms with E-state index in [-0.39, 0.29) is 0 Å². The monoisotopic (exact) mass is 836 g/mol. The van der Waals surface area contributed by atoms with Crippen molar-refractivity contribution in [3.63, 3.8) is 0 Å². The zero-order valence-corrected chi connectivity index (χ0v) is 33.3. The zero-order valence-electron chi connectivity index (χ0n) is 31.7. The molecule has 0 aromatic heterocycles. The number of anilines is 8. The Morgan fingerprint density at radius 1 is 0.345 bits per heavy atom. The maximum Gasteiger partial charge on any atom is 0.323 e. The molecule has 0 spiro atoms. The van der Waals surface area contributed by atoms with E-state index in [0.29, 0.717) is 58.0 Å². The first-order valence-electron chi connectivity index (χ1n) is 17.0. The average molecular weight is 837 g/mol. The molecule has 5 rings (SSSR count). The largest absolute Gasteiger partial charge is 0.323 e. The minimum absolute atomic E-state index is 0.420. The van der Waals surface area contributed by atoms with Crippen molar-refractivity contribution in [1.82, 2.24) is 0 Å². The summed E-state index contributed by atoms with van der Waals surface area (Å²) in [6.45, 7) is 4.00. The molecule has 0 aliphatic carbocycles. The van der Waals surface area contributed by atoms with Crippen molar-refractivity contribution >= 4 is 89.9 Å². The van der Waals surface area contributed by atoms with Gasteiger partial charge in [-0.2, -0.15) is 16.8 Å². The summed E-state index contributed by atoms with van der Waals surface area (Å²) in [7, 11) is -7.33. The molecular weight excluding hydrogens is 793 g/mol. The summed E-state index contributed by atoms with van der Waals surface area (Å²) >= 11 is 0. The zero-order chi connectivity index (χ0) is 43.1. The highest BCUT2D eigenvalue weighted by Gasteiger charge is 2.09. The van der Waals surface area contributed by atoms with Crippen LogP contribution in [0.3, 0.4) is 0 Å². The molecule has 10 N–H and O–H groups in total. The van der Waals surface area contributed by atoms with Crippen LogP contribution in [0.15, 0.2) is 133 Å². The second-order valence-corrected chi connectivity index (χ2v) is 14.2. The lowest BCUT2D eigenvalue weighted by molar-refractivity contribution is 0.261. The Balaban J connectivity index is 0.000000853. The van der Waals surface area contributed by atoms with E-state index in [0.717, 1.165) is 0 Å². The van der Waals surface area contributed by atoms with Crippen molar-refractivity contribution in [2.45, 2.75) is 13.8 Å². The number of hydrogen-bond acceptors (Lipinski definition) is 8. The summed E-state index contributed by atoms with van der Waals surface area (Å²) in [5.74, 6) is 0. The summed E-state index contributed by atoms with van der Waals surface area (Å²) in [6.07, 6.45) is 1.43. The van der Waals surface area contributed by atoms with E-state index in [1.807, 2.05) is 50.2 Å². The summed E-state index contributed by atoms with van der Waals surface area (Å²) in [5.41, 5.74) is 4.05. The standard InChI is InChI=1S/C34H30N8O4.C2H6.2CH4O3S/c43-31(35-23-10-3-1-4-11-23)37-25-14-7-16-27(20-25)39-33(45)41-29-18-9-19-30(22-29)42-34(46)40-28-17-8-15-26(21-28)38-32(44)36-24-12-5-2-6-13-24;1-2;2*1-5(2,3)4/h1-22H,(H2,35,37,43)(H2,36,38,44)(H2,39,41,45)(H2,40,42,46);1-2H3;2*1H3,(H,2,3,4). The van der Waals surface area contributed by atoms with Gasteiger partial charge in [0.1, 0.15) is 0 Å². The summed E-state index contributed by atoms with van der Waals surface area (Å²) in [5, 5.41) is 21.8. The van der Waals surface area contributed by atoms with Crippen LogP contribution < -0.4 is 42.5 Å². The smallest absolute Gasteiger partial charge is 0.308 e. The third kappa shape index (κ3) is 22.4. The number of rotatable bonds is 8. The lowest BCUT2D eigenvalue weighted by Gasteiger charge is -2.12. The maximum absolute atomic E-state index is 12.7. The minimum Gasteiger partial charge on any atom is -0.308 e. The molecule has 0 atom stereocenters. The molecule has 0 saturated carbocycles. The van der Waals surface area contributed by atoms with Crippen LogP contribution >= 0.6 is 0 Å². The fourth-order valence-electron chi connectivity index (χ4n) is 4.24. The topological polar surface area (TPSA) is 273 Å². The number of nitrogens with one attached hydrogen (secondary N) is 8. The van der Waals surface area contributed by atoms with Gasteiger partial charge in [0.15, 0.2) is 0 Å². The van der Waals surface area contributed by atoms with Gasteiger partial charge in [-0.3, -0.25) is 9.11 Å². The van der Waals surface area contributed by atoms with Gasteiger partial charge in [0.25, 0.3) is 20.2 Å². The van der Waals surface area contributed by atoms with Crippen molar-refractivity contribution < 1.29 is 45.1 Å². The van der Waals surface area contributed by atoms with E-state index in [9.17, 15) is 36.0 Å². The van der Waals surface area contributed by atoms with Crippen molar-refractivity contribution in [3.05, 3.63) is 133 Å². The third-order valence-electron chi connectivity index (χ3n) is 6.20. The molecule has 58 heavy (non-hydrogen) atoms. The highest BCUT2D eigenvalue weighted by Crippen LogP contribution is 2.20. The van der Waals surface area contributed by atoms with Crippen LogP contribution in [0.5, 0.6) is 0 Å². The number of carbonyl (C=O) groups excluding carboxylic acids is 4. The first-order valence-corrected chi connectivity index (χ1v) is 20.6. The number of urea groups is 4. The van der Waals surface area contributed by atoms with Gasteiger partial charge >= 0.3 is 24.1 Å². The average Bonchev–Trinajstić information content (AvgIpc) is 3.12. The molecule has 0 aliphatic heterocycles. The Kier molecular flexibility index (Phi) is 19.4. The van der Waals surface area contributed by atoms with Gasteiger partial charge in [-0.15, -0.1) is 0 Å². The highest BCUT2D eigenvalue weighted by molar-refractivity contribution is 7.85. The number of amides is 8. The van der Waals surface area contributed by atoms with Crippen molar-refractivity contribution in [1.29, 1.82) is 0 Å². The quantitative estimate of drug-likeness (QED) is 0.0668. The predicted molar refractivity (Wildman–Crippen MR) is 229 cm³/mol. The number of hydrogen-bond donors (Lipinski definition) is 10. The Morgan fingerprint density at radius 3 is 0.690 bits per heavy atom. The normalized spacial score (nSPS) is 10.1. The first-order chi connectivity index (χ1) is 27.4. The molecule has 5 aromatic carbocycles. The molecule has 0 bridgehead atoms. The minimum atomic E-state index is -3.67. The van der Waals surface area contributed by atoms with Gasteiger partial charge in [0.05, 0.1) is 12.5 Å². The fourth-order valence-corrected chi connectivity index (χ4v) is 4.24. The maximum atomic E-state index is 12.7. The molecule has 0 heterocycles. The Morgan fingerprint density at radius 2 is 0.500 bits per heavy atom. The number of benzene rings is 5.